The second-order valence-corrected chi connectivity index (χ2v) is 9.61. The third-order valence-electron chi connectivity index (χ3n) is 5.54. The molecule has 1 amide bonds. The van der Waals surface area contributed by atoms with Crippen molar-refractivity contribution in [2.24, 2.45) is 0 Å². The predicted molar refractivity (Wildman–Crippen MR) is 133 cm³/mol. The maximum absolute atomic E-state index is 13.6. The van der Waals surface area contributed by atoms with Gasteiger partial charge in [0.2, 0.25) is 5.91 Å². The van der Waals surface area contributed by atoms with Crippen molar-refractivity contribution in [2.45, 2.75) is 24.8 Å². The van der Waals surface area contributed by atoms with Gasteiger partial charge in [0, 0.05) is 13.6 Å². The number of ether oxygens (including phenoxy) is 2. The Labute approximate surface area is 201 Å². The molecule has 0 aliphatic carbocycles. The number of sulfonamides is 1. The lowest BCUT2D eigenvalue weighted by atomic mass is 10.1. The summed E-state index contributed by atoms with van der Waals surface area (Å²) in [7, 11) is 0.801. The summed E-state index contributed by atoms with van der Waals surface area (Å²) in [4.78, 5) is 14.9. The molecule has 0 unspecified atom stereocenters. The van der Waals surface area contributed by atoms with E-state index in [0.717, 1.165) is 11.1 Å². The Balaban J connectivity index is 1.91. The second kappa shape index (κ2) is 11.1. The number of amides is 1. The van der Waals surface area contributed by atoms with Crippen LogP contribution in [0.15, 0.2) is 77.7 Å². The van der Waals surface area contributed by atoms with Crippen molar-refractivity contribution in [3.8, 4) is 11.5 Å². The molecule has 3 rings (SSSR count). The molecule has 0 fully saturated rings. The number of methoxy groups -OCH3 is 2. The second-order valence-electron chi connectivity index (χ2n) is 7.75. The van der Waals surface area contributed by atoms with Crippen LogP contribution in [-0.4, -0.2) is 47.0 Å². The summed E-state index contributed by atoms with van der Waals surface area (Å²) < 4.78 is 39.0. The van der Waals surface area contributed by atoms with Crippen LogP contribution in [0.2, 0.25) is 0 Å². The third-order valence-corrected chi connectivity index (χ3v) is 7.32. The lowest BCUT2D eigenvalue weighted by molar-refractivity contribution is -0.128. The molecule has 0 atom stereocenters. The Kier molecular flexibility index (Phi) is 8.17. The fourth-order valence-corrected chi connectivity index (χ4v) is 5.13. The molecule has 34 heavy (non-hydrogen) atoms. The van der Waals surface area contributed by atoms with E-state index in [1.807, 2.05) is 25.1 Å². The molecule has 7 nitrogen and oxygen atoms in total. The highest BCUT2D eigenvalue weighted by Crippen LogP contribution is 2.29. The fourth-order valence-electron chi connectivity index (χ4n) is 3.66. The largest absolute Gasteiger partial charge is 0.493 e. The van der Waals surface area contributed by atoms with Crippen LogP contribution in [-0.2, 0) is 27.8 Å². The molecule has 0 saturated carbocycles. The van der Waals surface area contributed by atoms with Crippen LogP contribution < -0.4 is 13.8 Å². The van der Waals surface area contributed by atoms with Gasteiger partial charge in [-0.3, -0.25) is 9.10 Å². The first-order valence-corrected chi connectivity index (χ1v) is 12.4. The number of likely N-dealkylation sites (N-methyl/N-ethyl adjacent to an activating group) is 1. The summed E-state index contributed by atoms with van der Waals surface area (Å²) in [6.45, 7) is 1.92. The molecule has 180 valence electrons. The Morgan fingerprint density at radius 2 is 1.53 bits per heavy atom. The molecule has 0 radical (unpaired) electrons. The van der Waals surface area contributed by atoms with E-state index < -0.39 is 10.0 Å². The topological polar surface area (TPSA) is 76.2 Å². The number of hydrogen-bond acceptors (Lipinski definition) is 5. The minimum atomic E-state index is -3.96. The number of benzene rings is 3. The number of carbonyl (C=O) groups is 1. The first-order valence-electron chi connectivity index (χ1n) is 10.9. The molecule has 0 heterocycles. The predicted octanol–water partition coefficient (Wildman–Crippen LogP) is 4.12. The summed E-state index contributed by atoms with van der Waals surface area (Å²) in [6.07, 6.45) is 0.632. The van der Waals surface area contributed by atoms with Gasteiger partial charge >= 0.3 is 0 Å². The van der Waals surface area contributed by atoms with Crippen LogP contribution in [0.25, 0.3) is 0 Å². The van der Waals surface area contributed by atoms with Crippen LogP contribution >= 0.6 is 0 Å². The smallest absolute Gasteiger partial charge is 0.264 e. The quantitative estimate of drug-likeness (QED) is 0.435. The summed E-state index contributed by atoms with van der Waals surface area (Å²) in [5, 5.41) is 0. The standard InChI is InChI=1S/C26H30N2O5S/c1-5-21-11-9-10-14-23(21)28(34(30,31)22-12-7-6-8-13-22)19-26(29)27(2)18-20-15-16-24(32-3)25(17-20)33-4/h6-17H,5,18-19H2,1-4H3. The van der Waals surface area contributed by atoms with Gasteiger partial charge in [0.25, 0.3) is 10.0 Å². The van der Waals surface area contributed by atoms with E-state index in [4.69, 9.17) is 9.47 Å². The van der Waals surface area contributed by atoms with Crippen LogP contribution in [0.4, 0.5) is 5.69 Å². The first kappa shape index (κ1) is 25.1. The van der Waals surface area contributed by atoms with E-state index in [2.05, 4.69) is 0 Å². The van der Waals surface area contributed by atoms with Crippen molar-refractivity contribution in [1.82, 2.24) is 4.90 Å². The summed E-state index contributed by atoms with van der Waals surface area (Å²) in [5.74, 6) is 0.822. The average molecular weight is 483 g/mol. The lowest BCUT2D eigenvalue weighted by Crippen LogP contribution is -2.41. The van der Waals surface area contributed by atoms with Gasteiger partial charge in [0.15, 0.2) is 11.5 Å². The van der Waals surface area contributed by atoms with Gasteiger partial charge in [-0.25, -0.2) is 8.42 Å². The SMILES string of the molecule is CCc1ccccc1N(CC(=O)N(C)Cc1ccc(OC)c(OC)c1)S(=O)(=O)c1ccccc1. The van der Waals surface area contributed by atoms with Crippen LogP contribution in [0, 0.1) is 0 Å². The van der Waals surface area contributed by atoms with Gasteiger partial charge in [-0.2, -0.15) is 0 Å². The van der Waals surface area contributed by atoms with Gasteiger partial charge in [0.05, 0.1) is 24.8 Å². The minimum absolute atomic E-state index is 0.135. The maximum atomic E-state index is 13.6. The Morgan fingerprint density at radius 1 is 0.882 bits per heavy atom. The highest BCUT2D eigenvalue weighted by atomic mass is 32.2. The molecule has 0 aromatic heterocycles. The zero-order chi connectivity index (χ0) is 24.7. The number of rotatable bonds is 10. The van der Waals surface area contributed by atoms with Crippen molar-refractivity contribution in [3.05, 3.63) is 83.9 Å². The Hall–Kier alpha value is -3.52. The minimum Gasteiger partial charge on any atom is -0.493 e. The number of nitrogens with zero attached hydrogens (tertiary/aromatic N) is 2. The molecule has 0 spiro atoms. The van der Waals surface area contributed by atoms with E-state index in [1.54, 1.807) is 63.7 Å². The summed E-state index contributed by atoms with van der Waals surface area (Å²) >= 11 is 0. The molecule has 3 aromatic carbocycles. The Morgan fingerprint density at radius 3 is 2.18 bits per heavy atom. The maximum Gasteiger partial charge on any atom is 0.264 e. The molecule has 3 aromatic rings. The van der Waals surface area contributed by atoms with Gasteiger partial charge in [-0.15, -0.1) is 0 Å². The van der Waals surface area contributed by atoms with Crippen LogP contribution in [0.1, 0.15) is 18.1 Å². The van der Waals surface area contributed by atoms with Gasteiger partial charge in [0.1, 0.15) is 6.54 Å². The fraction of sp³-hybridized carbons (Fsp3) is 0.269. The monoisotopic (exact) mass is 482 g/mol. The van der Waals surface area contributed by atoms with E-state index in [1.165, 1.54) is 21.3 Å². The lowest BCUT2D eigenvalue weighted by Gasteiger charge is -2.28. The highest BCUT2D eigenvalue weighted by Gasteiger charge is 2.29. The van der Waals surface area contributed by atoms with Gasteiger partial charge in [-0.1, -0.05) is 49.4 Å². The van der Waals surface area contributed by atoms with Crippen LogP contribution in [0.5, 0.6) is 11.5 Å². The van der Waals surface area contributed by atoms with E-state index in [9.17, 15) is 13.2 Å². The first-order chi connectivity index (χ1) is 16.3. The van der Waals surface area contributed by atoms with Gasteiger partial charge in [-0.05, 0) is 47.9 Å². The number of carbonyl (C=O) groups excluding carboxylic acids is 1. The molecule has 0 aliphatic rings. The number of aryl methyl sites for hydroxylation is 1. The van der Waals surface area contributed by atoms with Crippen molar-refractivity contribution in [3.63, 3.8) is 0 Å². The van der Waals surface area contributed by atoms with Gasteiger partial charge < -0.3 is 14.4 Å². The third kappa shape index (κ3) is 5.51. The van der Waals surface area contributed by atoms with Crippen molar-refractivity contribution < 1.29 is 22.7 Å². The molecule has 0 bridgehead atoms. The molecule has 8 heteroatoms. The van der Waals surface area contributed by atoms with E-state index >= 15 is 0 Å². The van der Waals surface area contributed by atoms with Crippen LogP contribution in [0.3, 0.4) is 0 Å². The van der Waals surface area contributed by atoms with Crippen molar-refractivity contribution >= 4 is 21.6 Å². The highest BCUT2D eigenvalue weighted by molar-refractivity contribution is 7.92. The molecule has 0 saturated heterocycles. The zero-order valence-corrected chi connectivity index (χ0v) is 20.7. The normalized spacial score (nSPS) is 11.1. The van der Waals surface area contributed by atoms with Crippen molar-refractivity contribution in [1.29, 1.82) is 0 Å². The molecule has 0 aliphatic heterocycles. The summed E-state index contributed by atoms with van der Waals surface area (Å²) in [6, 6.07) is 20.8. The number of para-hydroxylation sites is 1. The zero-order valence-electron chi connectivity index (χ0n) is 19.9. The van der Waals surface area contributed by atoms with Crippen molar-refractivity contribution in [2.75, 3.05) is 32.1 Å². The average Bonchev–Trinajstić information content (AvgIpc) is 2.87. The number of anilines is 1. The van der Waals surface area contributed by atoms with E-state index in [-0.39, 0.29) is 23.9 Å². The van der Waals surface area contributed by atoms with E-state index in [0.29, 0.717) is 23.6 Å². The molecule has 0 N–H and O–H groups in total. The Bertz CT molecular complexity index is 1230. The number of hydrogen-bond donors (Lipinski definition) is 0. The molecular formula is C26H30N2O5S. The molecular weight excluding hydrogens is 452 g/mol. The summed E-state index contributed by atoms with van der Waals surface area (Å²) in [5.41, 5.74) is 2.18.